The second-order valence-corrected chi connectivity index (χ2v) is 10.7. The Hall–Kier alpha value is -4.82. The van der Waals surface area contributed by atoms with Crippen LogP contribution in [0.2, 0.25) is 0 Å². The van der Waals surface area contributed by atoms with Crippen molar-refractivity contribution in [2.24, 2.45) is 0 Å². The molecule has 2 saturated heterocycles. The maximum Gasteiger partial charge on any atom is 0.387 e. The van der Waals surface area contributed by atoms with Gasteiger partial charge in [-0.3, -0.25) is 9.20 Å². The molecular weight excluding hydrogens is 574 g/mol. The average Bonchev–Trinajstić information content (AvgIpc) is 3.63. The Morgan fingerprint density at radius 3 is 2.48 bits per heavy atom. The number of amides is 3. The Balaban J connectivity index is 1.10. The number of carbonyl (C=O) groups excluding carboxylic acids is 2. The number of urea groups is 1. The smallest absolute Gasteiger partial charge is 0.387 e. The fraction of sp³-hybridized carbons (Fsp3) is 0.333. The number of anilines is 2. The number of nitrogens with zero attached hydrogens (tertiary/aromatic N) is 5. The summed E-state index contributed by atoms with van der Waals surface area (Å²) in [5.74, 6) is 0.473. The van der Waals surface area contributed by atoms with E-state index in [-0.39, 0.29) is 23.7 Å². The van der Waals surface area contributed by atoms with Gasteiger partial charge in [-0.05, 0) is 55.0 Å². The Morgan fingerprint density at radius 2 is 1.80 bits per heavy atom. The molecule has 2 aliphatic rings. The molecule has 2 fully saturated rings. The van der Waals surface area contributed by atoms with E-state index in [1.54, 1.807) is 46.6 Å². The molecular formula is C30H32F2N8O4. The van der Waals surface area contributed by atoms with Gasteiger partial charge in [0.2, 0.25) is 0 Å². The van der Waals surface area contributed by atoms with Crippen molar-refractivity contribution in [1.82, 2.24) is 34.8 Å². The molecule has 2 unspecified atom stereocenters. The number of aromatic nitrogens is 3. The molecule has 6 rings (SSSR count). The van der Waals surface area contributed by atoms with E-state index in [1.807, 2.05) is 23.5 Å². The monoisotopic (exact) mass is 606 g/mol. The summed E-state index contributed by atoms with van der Waals surface area (Å²) in [6, 6.07) is 11.2. The van der Waals surface area contributed by atoms with E-state index in [9.17, 15) is 23.5 Å². The number of nitrogens with one attached hydrogen (secondary N) is 3. The zero-order chi connectivity index (χ0) is 30.8. The Kier molecular flexibility index (Phi) is 8.26. The predicted octanol–water partition coefficient (Wildman–Crippen LogP) is 2.85. The minimum absolute atomic E-state index is 0.0718. The number of aryl methyl sites for hydroxylation is 1. The molecule has 4 N–H and O–H groups in total. The lowest BCUT2D eigenvalue weighted by Crippen LogP contribution is -2.56. The van der Waals surface area contributed by atoms with Crippen molar-refractivity contribution in [3.63, 3.8) is 0 Å². The number of imidazole rings is 1. The summed E-state index contributed by atoms with van der Waals surface area (Å²) in [5.41, 5.74) is 4.15. The first-order chi connectivity index (χ1) is 21.3. The summed E-state index contributed by atoms with van der Waals surface area (Å²) in [5, 5.41) is 19.1. The van der Waals surface area contributed by atoms with Gasteiger partial charge in [0.25, 0.3) is 5.91 Å². The lowest BCUT2D eigenvalue weighted by Gasteiger charge is -2.35. The maximum atomic E-state index is 13.3. The number of halogens is 2. The van der Waals surface area contributed by atoms with Crippen LogP contribution >= 0.6 is 0 Å². The molecule has 2 aromatic heterocycles. The quantitative estimate of drug-likeness (QED) is 0.252. The number of hydrogen-bond acceptors (Lipinski definition) is 8. The van der Waals surface area contributed by atoms with Crippen molar-refractivity contribution in [3.05, 3.63) is 72.2 Å². The number of piperazine rings is 1. The average molecular weight is 607 g/mol. The highest BCUT2D eigenvalue weighted by Crippen LogP contribution is 2.28. The minimum atomic E-state index is -2.89. The van der Waals surface area contributed by atoms with Gasteiger partial charge in [0.1, 0.15) is 5.75 Å². The Bertz CT molecular complexity index is 1660. The maximum absolute atomic E-state index is 13.3. The molecule has 4 aromatic rings. The summed E-state index contributed by atoms with van der Waals surface area (Å²) in [6.45, 7) is 1.59. The fourth-order valence-electron chi connectivity index (χ4n) is 5.49. The zero-order valence-electron chi connectivity index (χ0n) is 23.9. The molecule has 44 heavy (non-hydrogen) atoms. The van der Waals surface area contributed by atoms with Crippen molar-refractivity contribution in [2.75, 3.05) is 44.6 Å². The molecule has 0 radical (unpaired) electrons. The molecule has 0 aliphatic carbocycles. The summed E-state index contributed by atoms with van der Waals surface area (Å²) in [4.78, 5) is 38.3. The summed E-state index contributed by atoms with van der Waals surface area (Å²) >= 11 is 0. The van der Waals surface area contributed by atoms with Crippen molar-refractivity contribution in [2.45, 2.75) is 25.7 Å². The molecule has 0 saturated carbocycles. The van der Waals surface area contributed by atoms with Crippen LogP contribution in [-0.2, 0) is 0 Å². The fourth-order valence-corrected chi connectivity index (χ4v) is 5.49. The number of rotatable bonds is 7. The number of fused-ring (bicyclic) bond motifs is 1. The SMILES string of the molecule is Cc1cc(Nc2nccn3c(-c4ccc(OC(F)F)cc4)cnc23)ccc1C(=O)N1CCN(C(=O)NC2CNCC2O)CC1. The van der Waals surface area contributed by atoms with Gasteiger partial charge in [-0.25, -0.2) is 14.8 Å². The van der Waals surface area contributed by atoms with Crippen LogP contribution in [0.15, 0.2) is 61.1 Å². The molecule has 0 bridgehead atoms. The lowest BCUT2D eigenvalue weighted by atomic mass is 10.1. The largest absolute Gasteiger partial charge is 0.435 e. The molecule has 0 spiro atoms. The van der Waals surface area contributed by atoms with Crippen LogP contribution < -0.4 is 20.7 Å². The minimum Gasteiger partial charge on any atom is -0.435 e. The number of ether oxygens (including phenoxy) is 1. The third-order valence-corrected chi connectivity index (χ3v) is 7.87. The predicted molar refractivity (Wildman–Crippen MR) is 158 cm³/mol. The van der Waals surface area contributed by atoms with Gasteiger partial charge in [0.15, 0.2) is 11.5 Å². The van der Waals surface area contributed by atoms with Gasteiger partial charge in [-0.15, -0.1) is 0 Å². The van der Waals surface area contributed by atoms with Crippen molar-refractivity contribution in [3.8, 4) is 17.0 Å². The van der Waals surface area contributed by atoms with Gasteiger partial charge >= 0.3 is 12.6 Å². The van der Waals surface area contributed by atoms with Crippen LogP contribution in [0, 0.1) is 6.92 Å². The van der Waals surface area contributed by atoms with Gasteiger partial charge in [-0.1, -0.05) is 0 Å². The van der Waals surface area contributed by atoms with Gasteiger partial charge in [0.05, 0.1) is 24.0 Å². The Labute approximate surface area is 251 Å². The van der Waals surface area contributed by atoms with Crippen molar-refractivity contribution in [1.29, 1.82) is 0 Å². The standard InChI is InChI=1S/C30H32F2N8O4/c1-18-14-20(4-7-22(18)28(42)38-10-12-39(13-11-38)30(43)37-23-15-33-17-25(23)41)36-26-27-35-16-24(40(27)9-8-34-26)19-2-5-21(6-3-19)44-29(31)32/h2-9,14,16,23,25,29,33,41H,10-13,15,17H2,1H3,(H,34,36)(H,37,43). The first-order valence-corrected chi connectivity index (χ1v) is 14.3. The molecule has 12 nitrogen and oxygen atoms in total. The number of aliphatic hydroxyl groups is 1. The molecule has 2 atom stereocenters. The first-order valence-electron chi connectivity index (χ1n) is 14.3. The van der Waals surface area contributed by atoms with Gasteiger partial charge in [-0.2, -0.15) is 8.78 Å². The third-order valence-electron chi connectivity index (χ3n) is 7.87. The number of hydrogen-bond donors (Lipinski definition) is 4. The van der Waals surface area contributed by atoms with Crippen LogP contribution in [0.5, 0.6) is 5.75 Å². The summed E-state index contributed by atoms with van der Waals surface area (Å²) < 4.78 is 31.3. The molecule has 2 aliphatic heterocycles. The van der Waals surface area contributed by atoms with Crippen LogP contribution in [-0.4, -0.2) is 99.2 Å². The zero-order valence-corrected chi connectivity index (χ0v) is 23.9. The number of carbonyl (C=O) groups is 2. The normalized spacial score (nSPS) is 18.6. The molecule has 2 aromatic carbocycles. The Morgan fingerprint density at radius 1 is 1.05 bits per heavy atom. The van der Waals surface area contributed by atoms with Gasteiger partial charge < -0.3 is 35.6 Å². The van der Waals surface area contributed by atoms with Crippen molar-refractivity contribution < 1.29 is 28.2 Å². The first kappa shape index (κ1) is 29.3. The topological polar surface area (TPSA) is 136 Å². The highest BCUT2D eigenvalue weighted by atomic mass is 19.3. The van der Waals surface area contributed by atoms with Crippen LogP contribution in [0.4, 0.5) is 25.1 Å². The van der Waals surface area contributed by atoms with E-state index >= 15 is 0 Å². The molecule has 4 heterocycles. The second-order valence-electron chi connectivity index (χ2n) is 10.7. The van der Waals surface area contributed by atoms with E-state index < -0.39 is 12.7 Å². The summed E-state index contributed by atoms with van der Waals surface area (Å²) in [6.07, 6.45) is 4.46. The third kappa shape index (κ3) is 6.12. The summed E-state index contributed by atoms with van der Waals surface area (Å²) in [7, 11) is 0. The van der Waals surface area contributed by atoms with E-state index in [2.05, 4.69) is 30.7 Å². The van der Waals surface area contributed by atoms with Gasteiger partial charge in [0, 0.05) is 68.5 Å². The molecule has 3 amide bonds. The number of alkyl halides is 2. The van der Waals surface area contributed by atoms with E-state index in [4.69, 9.17) is 0 Å². The lowest BCUT2D eigenvalue weighted by molar-refractivity contribution is -0.0498. The number of aliphatic hydroxyl groups excluding tert-OH is 1. The highest BCUT2D eigenvalue weighted by Gasteiger charge is 2.30. The van der Waals surface area contributed by atoms with E-state index in [1.165, 1.54) is 12.1 Å². The van der Waals surface area contributed by atoms with E-state index in [0.717, 1.165) is 22.5 Å². The number of β-amino-alcohol motifs (C(OH)–C–C–N with tert-alkyl or cyclic N) is 1. The van der Waals surface area contributed by atoms with E-state index in [0.29, 0.717) is 56.3 Å². The highest BCUT2D eigenvalue weighted by molar-refractivity contribution is 5.96. The molecule has 14 heteroatoms. The van der Waals surface area contributed by atoms with Crippen LogP contribution in [0.3, 0.4) is 0 Å². The number of benzene rings is 2. The van der Waals surface area contributed by atoms with Crippen molar-refractivity contribution >= 4 is 29.1 Å². The van der Waals surface area contributed by atoms with Crippen LogP contribution in [0.1, 0.15) is 15.9 Å². The molecule has 230 valence electrons. The second kappa shape index (κ2) is 12.4. The van der Waals surface area contributed by atoms with Crippen LogP contribution in [0.25, 0.3) is 16.9 Å².